The van der Waals surface area contributed by atoms with Crippen LogP contribution in [0.5, 0.6) is 0 Å². The smallest absolute Gasteiger partial charge is 0.243 e. The van der Waals surface area contributed by atoms with E-state index in [0.29, 0.717) is 18.0 Å². The Morgan fingerprint density at radius 2 is 1.57 bits per heavy atom. The van der Waals surface area contributed by atoms with Gasteiger partial charge in [0.2, 0.25) is 15.9 Å². The van der Waals surface area contributed by atoms with Crippen molar-refractivity contribution in [2.75, 3.05) is 26.2 Å². The van der Waals surface area contributed by atoms with E-state index in [1.54, 1.807) is 22.5 Å². The number of likely N-dealkylation sites (tertiary alicyclic amines) is 1. The summed E-state index contributed by atoms with van der Waals surface area (Å²) in [6.45, 7) is 2.60. The molecule has 0 atom stereocenters. The summed E-state index contributed by atoms with van der Waals surface area (Å²) >= 11 is 0. The molecule has 0 spiro atoms. The van der Waals surface area contributed by atoms with Crippen LogP contribution < -0.4 is 5.73 Å². The van der Waals surface area contributed by atoms with Crippen LogP contribution in [-0.2, 0) is 14.8 Å². The van der Waals surface area contributed by atoms with E-state index >= 15 is 0 Å². The fraction of sp³-hybridized carbons (Fsp3) is 0.381. The molecule has 4 rings (SSSR count). The maximum atomic E-state index is 13.0. The number of carbonyl (C=O) groups excluding carboxylic acids is 1. The second-order valence-corrected chi connectivity index (χ2v) is 9.52. The minimum Gasteiger partial charge on any atom is -0.369 e. The number of primary amides is 1. The summed E-state index contributed by atoms with van der Waals surface area (Å²) in [5.41, 5.74) is 7.28. The molecule has 0 radical (unpaired) electrons. The molecule has 1 amide bonds. The normalized spacial score (nSPS) is 20.0. The van der Waals surface area contributed by atoms with E-state index in [1.165, 1.54) is 0 Å². The number of sulfonamides is 1. The average molecular weight is 400 g/mol. The second-order valence-electron chi connectivity index (χ2n) is 7.58. The number of benzene rings is 2. The predicted molar refractivity (Wildman–Crippen MR) is 108 cm³/mol. The van der Waals surface area contributed by atoms with Crippen LogP contribution >= 0.6 is 0 Å². The SMILES string of the molecule is NC(=O)C1CCN(C2CN(S(=O)(=O)c3cccc(-c4ccccc4)c3)C2)CC1. The van der Waals surface area contributed by atoms with Gasteiger partial charge in [0.25, 0.3) is 0 Å². The molecule has 148 valence electrons. The summed E-state index contributed by atoms with van der Waals surface area (Å²) in [5, 5.41) is 0. The molecule has 2 N–H and O–H groups in total. The maximum Gasteiger partial charge on any atom is 0.243 e. The third kappa shape index (κ3) is 3.70. The molecule has 7 heteroatoms. The van der Waals surface area contributed by atoms with Crippen molar-refractivity contribution >= 4 is 15.9 Å². The molecule has 0 aromatic heterocycles. The van der Waals surface area contributed by atoms with Crippen molar-refractivity contribution in [1.29, 1.82) is 0 Å². The van der Waals surface area contributed by atoms with Crippen LogP contribution in [0.25, 0.3) is 11.1 Å². The molecule has 6 nitrogen and oxygen atoms in total. The van der Waals surface area contributed by atoms with Crippen molar-refractivity contribution < 1.29 is 13.2 Å². The van der Waals surface area contributed by atoms with Crippen molar-refractivity contribution in [2.24, 2.45) is 11.7 Å². The zero-order valence-electron chi connectivity index (χ0n) is 15.7. The average Bonchev–Trinajstić information content (AvgIpc) is 2.68. The number of piperidine rings is 1. The van der Waals surface area contributed by atoms with Gasteiger partial charge in [0.1, 0.15) is 0 Å². The first kappa shape index (κ1) is 19.1. The van der Waals surface area contributed by atoms with Crippen molar-refractivity contribution in [3.05, 3.63) is 54.6 Å². The minimum atomic E-state index is -3.50. The highest BCUT2D eigenvalue weighted by Crippen LogP contribution is 2.29. The van der Waals surface area contributed by atoms with Crippen LogP contribution in [-0.4, -0.2) is 55.8 Å². The topological polar surface area (TPSA) is 83.7 Å². The van der Waals surface area contributed by atoms with Gasteiger partial charge in [-0.25, -0.2) is 8.42 Å². The summed E-state index contributed by atoms with van der Waals surface area (Å²) in [4.78, 5) is 13.9. The van der Waals surface area contributed by atoms with Crippen molar-refractivity contribution in [3.63, 3.8) is 0 Å². The molecule has 2 saturated heterocycles. The Bertz CT molecular complexity index is 948. The molecule has 28 heavy (non-hydrogen) atoms. The van der Waals surface area contributed by atoms with Gasteiger partial charge in [0.05, 0.1) is 4.90 Å². The number of nitrogens with two attached hydrogens (primary N) is 1. The molecular formula is C21H25N3O3S. The highest BCUT2D eigenvalue weighted by atomic mass is 32.2. The molecule has 2 aromatic rings. The van der Waals surface area contributed by atoms with Gasteiger partial charge in [-0.15, -0.1) is 0 Å². The van der Waals surface area contributed by atoms with Crippen LogP contribution in [0.15, 0.2) is 59.5 Å². The lowest BCUT2D eigenvalue weighted by molar-refractivity contribution is -0.123. The van der Waals surface area contributed by atoms with Gasteiger partial charge in [-0.3, -0.25) is 9.69 Å². The van der Waals surface area contributed by atoms with E-state index < -0.39 is 10.0 Å². The molecule has 2 aliphatic rings. The summed E-state index contributed by atoms with van der Waals surface area (Å²) in [7, 11) is -3.50. The van der Waals surface area contributed by atoms with Crippen molar-refractivity contribution in [2.45, 2.75) is 23.8 Å². The Kier molecular flexibility index (Phi) is 5.23. The highest BCUT2D eigenvalue weighted by Gasteiger charge is 2.40. The number of nitrogens with zero attached hydrogens (tertiary/aromatic N) is 2. The lowest BCUT2D eigenvalue weighted by atomic mass is 9.94. The third-order valence-corrected chi connectivity index (χ3v) is 7.68. The second kappa shape index (κ2) is 7.66. The molecule has 0 bridgehead atoms. The van der Waals surface area contributed by atoms with Crippen molar-refractivity contribution in [1.82, 2.24) is 9.21 Å². The van der Waals surface area contributed by atoms with Crippen molar-refractivity contribution in [3.8, 4) is 11.1 Å². The van der Waals surface area contributed by atoms with Gasteiger partial charge in [0.15, 0.2) is 0 Å². The van der Waals surface area contributed by atoms with Crippen LogP contribution in [0.4, 0.5) is 0 Å². The molecule has 0 saturated carbocycles. The number of hydrogen-bond acceptors (Lipinski definition) is 4. The third-order valence-electron chi connectivity index (χ3n) is 5.86. The van der Waals surface area contributed by atoms with E-state index in [1.807, 2.05) is 36.4 Å². The molecule has 0 aliphatic carbocycles. The van der Waals surface area contributed by atoms with Gasteiger partial charge in [0, 0.05) is 25.0 Å². The number of rotatable bonds is 5. The summed E-state index contributed by atoms with van der Waals surface area (Å²) in [6, 6.07) is 17.1. The van der Waals surface area contributed by atoms with Gasteiger partial charge in [-0.1, -0.05) is 42.5 Å². The Hall–Kier alpha value is -2.22. The molecule has 2 aromatic carbocycles. The number of hydrogen-bond donors (Lipinski definition) is 1. The predicted octanol–water partition coefficient (Wildman–Crippen LogP) is 1.92. The van der Waals surface area contributed by atoms with Gasteiger partial charge < -0.3 is 5.73 Å². The van der Waals surface area contributed by atoms with E-state index in [-0.39, 0.29) is 17.9 Å². The standard InChI is InChI=1S/C21H25N3O3S/c22-21(25)17-9-11-23(12-10-17)19-14-24(15-19)28(26,27)20-8-4-7-18(13-20)16-5-2-1-3-6-16/h1-8,13,17,19H,9-12,14-15H2,(H2,22,25). The summed E-state index contributed by atoms with van der Waals surface area (Å²) in [6.07, 6.45) is 1.52. The molecule has 2 aliphatic heterocycles. The lowest BCUT2D eigenvalue weighted by Gasteiger charge is -2.46. The molecule has 2 fully saturated rings. The monoisotopic (exact) mass is 399 g/mol. The number of carbonyl (C=O) groups is 1. The Morgan fingerprint density at radius 1 is 0.929 bits per heavy atom. The van der Waals surface area contributed by atoms with E-state index in [2.05, 4.69) is 4.90 Å². The molecule has 2 heterocycles. The summed E-state index contributed by atoms with van der Waals surface area (Å²) < 4.78 is 27.6. The van der Waals surface area contributed by atoms with Crippen LogP contribution in [0, 0.1) is 5.92 Å². The van der Waals surface area contributed by atoms with E-state index in [4.69, 9.17) is 5.73 Å². The maximum absolute atomic E-state index is 13.0. The lowest BCUT2D eigenvalue weighted by Crippen LogP contribution is -2.62. The quantitative estimate of drug-likeness (QED) is 0.833. The van der Waals surface area contributed by atoms with E-state index in [9.17, 15) is 13.2 Å². The zero-order chi connectivity index (χ0) is 19.7. The van der Waals surface area contributed by atoms with Gasteiger partial charge >= 0.3 is 0 Å². The van der Waals surface area contributed by atoms with Gasteiger partial charge in [-0.05, 0) is 49.2 Å². The summed E-state index contributed by atoms with van der Waals surface area (Å²) in [5.74, 6) is -0.271. The largest absolute Gasteiger partial charge is 0.369 e. The minimum absolute atomic E-state index is 0.0445. The molecule has 0 unspecified atom stereocenters. The first-order chi connectivity index (χ1) is 13.4. The zero-order valence-corrected chi connectivity index (χ0v) is 16.5. The Labute approximate surface area is 166 Å². The van der Waals surface area contributed by atoms with Crippen LogP contribution in [0.2, 0.25) is 0 Å². The Morgan fingerprint density at radius 3 is 2.21 bits per heavy atom. The first-order valence-corrected chi connectivity index (χ1v) is 11.1. The first-order valence-electron chi connectivity index (χ1n) is 9.64. The van der Waals surface area contributed by atoms with Crippen LogP contribution in [0.3, 0.4) is 0 Å². The molecular weight excluding hydrogens is 374 g/mol. The highest BCUT2D eigenvalue weighted by molar-refractivity contribution is 7.89. The number of amides is 1. The van der Waals surface area contributed by atoms with E-state index in [0.717, 1.165) is 37.1 Å². The fourth-order valence-corrected chi connectivity index (χ4v) is 5.57. The Balaban J connectivity index is 1.42. The van der Waals surface area contributed by atoms with Gasteiger partial charge in [-0.2, -0.15) is 4.31 Å². The van der Waals surface area contributed by atoms with Crippen LogP contribution in [0.1, 0.15) is 12.8 Å². The fourth-order valence-electron chi connectivity index (χ4n) is 4.01.